The highest BCUT2D eigenvalue weighted by atomic mass is 35.5. The number of allylic oxidation sites excluding steroid dienone is 3. The Morgan fingerprint density at radius 1 is 0.758 bits per heavy atom. The van der Waals surface area contributed by atoms with Crippen LogP contribution in [-0.4, -0.2) is 11.8 Å². The molecular formula is C29H22ClNO2. The van der Waals surface area contributed by atoms with Gasteiger partial charge in [-0.05, 0) is 46.9 Å². The SMILES string of the molecule is Cc1ccc(N2C(=O)[C@@H]3[C@@H](C2=O)[C@H]2C=C[C@@H]3C2=C(c2ccccc2)c2ccccc2)cc1Cl. The Morgan fingerprint density at radius 2 is 1.27 bits per heavy atom. The first kappa shape index (κ1) is 20.2. The van der Waals surface area contributed by atoms with Crippen LogP contribution in [-0.2, 0) is 9.59 Å². The number of carbonyl (C=O) groups excluding carboxylic acids is 2. The third-order valence-corrected chi connectivity index (χ3v) is 7.65. The highest BCUT2D eigenvalue weighted by Crippen LogP contribution is 2.58. The Morgan fingerprint density at radius 3 is 1.76 bits per heavy atom. The fraction of sp³-hybridized carbons (Fsp3) is 0.172. The van der Waals surface area contributed by atoms with E-state index in [0.29, 0.717) is 10.7 Å². The molecule has 2 amide bonds. The fourth-order valence-electron chi connectivity index (χ4n) is 5.78. The zero-order valence-electron chi connectivity index (χ0n) is 18.1. The van der Waals surface area contributed by atoms with Gasteiger partial charge in [0.25, 0.3) is 0 Å². The summed E-state index contributed by atoms with van der Waals surface area (Å²) in [6.45, 7) is 1.91. The van der Waals surface area contributed by atoms with Gasteiger partial charge in [-0.3, -0.25) is 9.59 Å². The van der Waals surface area contributed by atoms with Crippen LogP contribution >= 0.6 is 11.6 Å². The van der Waals surface area contributed by atoms with Crippen LogP contribution in [0.4, 0.5) is 5.69 Å². The Labute approximate surface area is 198 Å². The van der Waals surface area contributed by atoms with E-state index in [1.54, 1.807) is 6.07 Å². The Bertz CT molecular complexity index is 1270. The summed E-state index contributed by atoms with van der Waals surface area (Å²) in [5.41, 5.74) is 6.02. The number of anilines is 1. The maximum absolute atomic E-state index is 13.6. The quantitative estimate of drug-likeness (QED) is 0.358. The molecule has 3 aromatic carbocycles. The molecule has 2 fully saturated rings. The number of nitrogens with zero attached hydrogens (tertiary/aromatic N) is 1. The monoisotopic (exact) mass is 451 g/mol. The predicted molar refractivity (Wildman–Crippen MR) is 131 cm³/mol. The summed E-state index contributed by atoms with van der Waals surface area (Å²) in [6, 6.07) is 25.9. The van der Waals surface area contributed by atoms with Crippen molar-refractivity contribution in [1.82, 2.24) is 0 Å². The van der Waals surface area contributed by atoms with Crippen molar-refractivity contribution < 1.29 is 9.59 Å². The van der Waals surface area contributed by atoms with Crippen LogP contribution in [0.5, 0.6) is 0 Å². The molecule has 1 saturated carbocycles. The number of aryl methyl sites for hydroxylation is 1. The van der Waals surface area contributed by atoms with Gasteiger partial charge in [0.2, 0.25) is 11.8 Å². The van der Waals surface area contributed by atoms with Crippen LogP contribution in [0.3, 0.4) is 0 Å². The maximum Gasteiger partial charge on any atom is 0.238 e. The molecule has 2 bridgehead atoms. The second-order valence-electron chi connectivity index (χ2n) is 9.00. The number of hydrogen-bond donors (Lipinski definition) is 0. The standard InChI is InChI=1S/C29H22ClNO2/c1-17-12-13-20(16-23(17)30)31-28(32)26-21-14-15-22(27(26)29(31)33)25(21)24(18-8-4-2-5-9-18)19-10-6-3-7-11-19/h2-16,21-22,26-27H,1H3/t21-,22+,26-,27-/m0/s1. The lowest BCUT2D eigenvalue weighted by Gasteiger charge is -2.22. The number of rotatable bonds is 3. The van der Waals surface area contributed by atoms with Crippen molar-refractivity contribution in [1.29, 1.82) is 0 Å². The molecule has 0 aromatic heterocycles. The van der Waals surface area contributed by atoms with Gasteiger partial charge in [0, 0.05) is 16.9 Å². The third-order valence-electron chi connectivity index (χ3n) is 7.24. The van der Waals surface area contributed by atoms with Crippen LogP contribution < -0.4 is 4.90 Å². The van der Waals surface area contributed by atoms with E-state index in [2.05, 4.69) is 36.4 Å². The molecule has 1 saturated heterocycles. The lowest BCUT2D eigenvalue weighted by Crippen LogP contribution is -2.33. The number of imide groups is 1. The van der Waals surface area contributed by atoms with Crippen LogP contribution in [0.25, 0.3) is 5.57 Å². The molecule has 0 unspecified atom stereocenters. The molecule has 162 valence electrons. The van der Waals surface area contributed by atoms with Crippen LogP contribution in [0.15, 0.2) is 96.6 Å². The first-order valence-electron chi connectivity index (χ1n) is 11.2. The van der Waals surface area contributed by atoms with Gasteiger partial charge >= 0.3 is 0 Å². The van der Waals surface area contributed by atoms with E-state index in [4.69, 9.17) is 11.6 Å². The molecule has 6 rings (SSSR count). The van der Waals surface area contributed by atoms with Crippen molar-refractivity contribution in [3.8, 4) is 0 Å². The summed E-state index contributed by atoms with van der Waals surface area (Å²) < 4.78 is 0. The molecule has 4 atom stereocenters. The molecule has 3 nitrogen and oxygen atoms in total. The van der Waals surface area contributed by atoms with Crippen molar-refractivity contribution in [2.45, 2.75) is 6.92 Å². The maximum atomic E-state index is 13.6. The first-order chi connectivity index (χ1) is 16.1. The Hall–Kier alpha value is -3.43. The minimum atomic E-state index is -0.370. The van der Waals surface area contributed by atoms with E-state index in [-0.39, 0.29) is 35.5 Å². The predicted octanol–water partition coefficient (Wildman–Crippen LogP) is 6.07. The molecule has 1 heterocycles. The van der Waals surface area contributed by atoms with Crippen LogP contribution in [0.2, 0.25) is 5.02 Å². The van der Waals surface area contributed by atoms with Crippen LogP contribution in [0, 0.1) is 30.6 Å². The van der Waals surface area contributed by atoms with Gasteiger partial charge in [0.1, 0.15) is 0 Å². The van der Waals surface area contributed by atoms with Crippen molar-refractivity contribution in [2.75, 3.05) is 4.90 Å². The number of carbonyl (C=O) groups is 2. The number of benzene rings is 3. The molecule has 33 heavy (non-hydrogen) atoms. The first-order valence-corrected chi connectivity index (χ1v) is 11.6. The molecule has 0 radical (unpaired) electrons. The minimum Gasteiger partial charge on any atom is -0.274 e. The normalized spacial score (nSPS) is 25.2. The van der Waals surface area contributed by atoms with Crippen LogP contribution in [0.1, 0.15) is 16.7 Å². The highest BCUT2D eigenvalue weighted by molar-refractivity contribution is 6.32. The van der Waals surface area contributed by atoms with Gasteiger partial charge in [0.05, 0.1) is 17.5 Å². The van der Waals surface area contributed by atoms with Gasteiger partial charge < -0.3 is 0 Å². The van der Waals surface area contributed by atoms with E-state index in [1.165, 1.54) is 10.5 Å². The summed E-state index contributed by atoms with van der Waals surface area (Å²) in [5.74, 6) is -1.16. The van der Waals surface area contributed by atoms with Gasteiger partial charge in [-0.25, -0.2) is 4.90 Å². The summed E-state index contributed by atoms with van der Waals surface area (Å²) in [4.78, 5) is 28.6. The summed E-state index contributed by atoms with van der Waals surface area (Å²) in [6.07, 6.45) is 4.26. The van der Waals surface area contributed by atoms with E-state index >= 15 is 0 Å². The number of fused-ring (bicyclic) bond motifs is 5. The summed E-state index contributed by atoms with van der Waals surface area (Å²) in [5, 5.41) is 0.558. The number of hydrogen-bond acceptors (Lipinski definition) is 2. The van der Waals surface area contributed by atoms with Crippen molar-refractivity contribution in [2.24, 2.45) is 23.7 Å². The second kappa shape index (κ2) is 7.57. The third kappa shape index (κ3) is 2.96. The molecule has 1 aliphatic heterocycles. The molecule has 2 aliphatic carbocycles. The molecular weight excluding hydrogens is 430 g/mol. The second-order valence-corrected chi connectivity index (χ2v) is 9.40. The molecule has 3 aromatic rings. The minimum absolute atomic E-state index is 0.0854. The van der Waals surface area contributed by atoms with E-state index in [0.717, 1.165) is 22.3 Å². The lowest BCUT2D eigenvalue weighted by atomic mass is 9.85. The average molecular weight is 452 g/mol. The van der Waals surface area contributed by atoms with Gasteiger partial charge in [-0.1, -0.05) is 90.5 Å². The molecule has 3 aliphatic rings. The van der Waals surface area contributed by atoms with Crippen molar-refractivity contribution in [3.63, 3.8) is 0 Å². The van der Waals surface area contributed by atoms with E-state index in [9.17, 15) is 9.59 Å². The smallest absolute Gasteiger partial charge is 0.238 e. The lowest BCUT2D eigenvalue weighted by molar-refractivity contribution is -0.122. The number of amides is 2. The van der Waals surface area contributed by atoms with E-state index < -0.39 is 0 Å². The Balaban J connectivity index is 1.48. The molecule has 4 heteroatoms. The average Bonchev–Trinajstić information content (AvgIpc) is 3.47. The largest absolute Gasteiger partial charge is 0.274 e. The molecule has 0 spiro atoms. The van der Waals surface area contributed by atoms with Crippen molar-refractivity contribution in [3.05, 3.63) is 118 Å². The van der Waals surface area contributed by atoms with E-state index in [1.807, 2.05) is 55.5 Å². The summed E-state index contributed by atoms with van der Waals surface area (Å²) in [7, 11) is 0. The zero-order valence-corrected chi connectivity index (χ0v) is 18.9. The zero-order chi connectivity index (χ0) is 22.7. The fourth-order valence-corrected chi connectivity index (χ4v) is 5.96. The van der Waals surface area contributed by atoms with Crippen molar-refractivity contribution >= 4 is 34.7 Å². The van der Waals surface area contributed by atoms with Gasteiger partial charge in [-0.2, -0.15) is 0 Å². The Kier molecular flexibility index (Phi) is 4.63. The topological polar surface area (TPSA) is 37.4 Å². The van der Waals surface area contributed by atoms with Gasteiger partial charge in [-0.15, -0.1) is 0 Å². The number of halogens is 1. The molecule has 0 N–H and O–H groups in total. The summed E-state index contributed by atoms with van der Waals surface area (Å²) >= 11 is 6.31. The highest BCUT2D eigenvalue weighted by Gasteiger charge is 2.62. The van der Waals surface area contributed by atoms with Gasteiger partial charge in [0.15, 0.2) is 0 Å².